The molecule has 0 bridgehead atoms. The zero-order valence-corrected chi connectivity index (χ0v) is 16.5. The van der Waals surface area contributed by atoms with Crippen LogP contribution in [0.4, 0.5) is 0 Å². The van der Waals surface area contributed by atoms with E-state index in [0.717, 1.165) is 22.5 Å². The second-order valence-corrected chi connectivity index (χ2v) is 6.78. The molecule has 0 amide bonds. The largest absolute Gasteiger partial charge is 0.280 e. The second kappa shape index (κ2) is 10.0. The maximum atomic E-state index is 4.93. The van der Waals surface area contributed by atoms with Crippen LogP contribution in [0.1, 0.15) is 34.6 Å². The molecule has 0 radical (unpaired) electrons. The van der Waals surface area contributed by atoms with Crippen molar-refractivity contribution in [2.45, 2.75) is 12.1 Å². The minimum absolute atomic E-state index is 0.199. The van der Waals surface area contributed by atoms with Crippen LogP contribution in [0.2, 0.25) is 0 Å². The third-order valence-corrected chi connectivity index (χ3v) is 4.69. The molecule has 30 heavy (non-hydrogen) atoms. The van der Waals surface area contributed by atoms with Crippen molar-refractivity contribution in [2.24, 2.45) is 9.98 Å². The van der Waals surface area contributed by atoms with Crippen LogP contribution in [-0.4, -0.2) is 22.4 Å². The van der Waals surface area contributed by atoms with Crippen molar-refractivity contribution in [3.8, 4) is 0 Å². The lowest BCUT2D eigenvalue weighted by atomic mass is 9.94. The van der Waals surface area contributed by atoms with E-state index < -0.39 is 0 Å². The molecule has 0 saturated carbocycles. The van der Waals surface area contributed by atoms with E-state index in [0.29, 0.717) is 0 Å². The Bertz CT molecular complexity index is 988. The quantitative estimate of drug-likeness (QED) is 0.391. The molecule has 2 aromatic heterocycles. The number of hydrogen-bond donors (Lipinski definition) is 0. The van der Waals surface area contributed by atoms with E-state index in [1.807, 2.05) is 85.2 Å². The summed E-state index contributed by atoms with van der Waals surface area (Å²) in [6.45, 7) is 0. The normalized spacial score (nSPS) is 13.5. The van der Waals surface area contributed by atoms with E-state index in [1.54, 1.807) is 12.4 Å². The van der Waals surface area contributed by atoms with Crippen molar-refractivity contribution in [3.05, 3.63) is 132 Å². The van der Waals surface area contributed by atoms with Crippen LogP contribution >= 0.6 is 0 Å². The fraction of sp³-hybridized carbons (Fsp3) is 0.0769. The summed E-state index contributed by atoms with van der Waals surface area (Å²) in [5.41, 5.74) is 3.83. The van der Waals surface area contributed by atoms with Gasteiger partial charge in [-0.1, -0.05) is 72.8 Å². The fourth-order valence-electron chi connectivity index (χ4n) is 3.22. The van der Waals surface area contributed by atoms with E-state index in [-0.39, 0.29) is 12.1 Å². The highest BCUT2D eigenvalue weighted by molar-refractivity contribution is 5.78. The Morgan fingerprint density at radius 2 is 0.900 bits per heavy atom. The van der Waals surface area contributed by atoms with Gasteiger partial charge >= 0.3 is 0 Å². The third kappa shape index (κ3) is 5.11. The van der Waals surface area contributed by atoms with Crippen molar-refractivity contribution < 1.29 is 0 Å². The van der Waals surface area contributed by atoms with Gasteiger partial charge in [0, 0.05) is 24.8 Å². The van der Waals surface area contributed by atoms with Crippen molar-refractivity contribution >= 4 is 12.4 Å². The molecule has 2 aromatic carbocycles. The Morgan fingerprint density at radius 1 is 0.500 bits per heavy atom. The molecule has 0 aliphatic heterocycles. The summed E-state index contributed by atoms with van der Waals surface area (Å²) in [5, 5.41) is 0. The van der Waals surface area contributed by atoms with Gasteiger partial charge in [-0.2, -0.15) is 0 Å². The summed E-state index contributed by atoms with van der Waals surface area (Å²) < 4.78 is 0. The highest BCUT2D eigenvalue weighted by Gasteiger charge is 2.23. The van der Waals surface area contributed by atoms with Gasteiger partial charge in [-0.05, 0) is 35.4 Å². The summed E-state index contributed by atoms with van der Waals surface area (Å²) in [4.78, 5) is 18.6. The molecular formula is C26H22N4. The second-order valence-electron chi connectivity index (χ2n) is 6.78. The number of hydrogen-bond acceptors (Lipinski definition) is 4. The molecule has 0 fully saturated rings. The van der Waals surface area contributed by atoms with Gasteiger partial charge in [0.1, 0.15) is 12.1 Å². The molecule has 2 heterocycles. The predicted octanol–water partition coefficient (Wildman–Crippen LogP) is 5.50. The number of pyridine rings is 2. The number of benzene rings is 2. The van der Waals surface area contributed by atoms with Gasteiger partial charge in [0.15, 0.2) is 0 Å². The van der Waals surface area contributed by atoms with Crippen molar-refractivity contribution in [2.75, 3.05) is 0 Å². The summed E-state index contributed by atoms with van der Waals surface area (Å²) in [7, 11) is 0. The van der Waals surface area contributed by atoms with Crippen LogP contribution in [0.5, 0.6) is 0 Å². The van der Waals surface area contributed by atoms with Crippen molar-refractivity contribution in [1.82, 2.24) is 9.97 Å². The lowest BCUT2D eigenvalue weighted by Gasteiger charge is -2.22. The van der Waals surface area contributed by atoms with Crippen LogP contribution in [0.3, 0.4) is 0 Å². The van der Waals surface area contributed by atoms with Crippen LogP contribution in [0.25, 0.3) is 0 Å². The zero-order valence-electron chi connectivity index (χ0n) is 16.5. The smallest absolute Gasteiger partial charge is 0.101 e. The number of aliphatic imine (C=N–C) groups is 2. The van der Waals surface area contributed by atoms with Gasteiger partial charge < -0.3 is 0 Å². The molecule has 2 unspecified atom stereocenters. The lowest BCUT2D eigenvalue weighted by Crippen LogP contribution is -2.09. The number of nitrogens with zero attached hydrogens (tertiary/aromatic N) is 4. The predicted molar refractivity (Wildman–Crippen MR) is 122 cm³/mol. The van der Waals surface area contributed by atoms with Crippen LogP contribution < -0.4 is 0 Å². The Labute approximate surface area is 176 Å². The molecule has 0 spiro atoms. The average Bonchev–Trinajstić information content (AvgIpc) is 2.83. The van der Waals surface area contributed by atoms with Gasteiger partial charge in [0.25, 0.3) is 0 Å². The van der Waals surface area contributed by atoms with E-state index in [1.165, 1.54) is 0 Å². The van der Waals surface area contributed by atoms with Crippen molar-refractivity contribution in [1.29, 1.82) is 0 Å². The molecule has 4 rings (SSSR count). The molecule has 146 valence electrons. The molecule has 2 atom stereocenters. The average molecular weight is 390 g/mol. The van der Waals surface area contributed by atoms with E-state index in [4.69, 9.17) is 9.98 Å². The first kappa shape index (κ1) is 19.4. The van der Waals surface area contributed by atoms with E-state index in [2.05, 4.69) is 34.2 Å². The SMILES string of the molecule is C(=NC(c1ccccc1)C(N=Cc1ccccn1)c1ccccc1)c1ccccn1. The van der Waals surface area contributed by atoms with Gasteiger partial charge in [0.05, 0.1) is 11.4 Å². The summed E-state index contributed by atoms with van der Waals surface area (Å²) in [6, 6.07) is 31.7. The van der Waals surface area contributed by atoms with Gasteiger partial charge in [-0.15, -0.1) is 0 Å². The first-order valence-electron chi connectivity index (χ1n) is 9.88. The first-order valence-corrected chi connectivity index (χ1v) is 9.88. The standard InChI is InChI=1S/C26H22N4/c1-3-11-21(12-4-1)25(29-19-23-15-7-9-17-27-23)26(22-13-5-2-6-14-22)30-20-24-16-8-10-18-28-24/h1-20,25-26H. The molecule has 0 N–H and O–H groups in total. The molecular weight excluding hydrogens is 368 g/mol. The maximum absolute atomic E-state index is 4.93. The highest BCUT2D eigenvalue weighted by Crippen LogP contribution is 2.35. The monoisotopic (exact) mass is 390 g/mol. The summed E-state index contributed by atoms with van der Waals surface area (Å²) in [5.74, 6) is 0. The summed E-state index contributed by atoms with van der Waals surface area (Å²) >= 11 is 0. The molecule has 0 aliphatic rings. The maximum Gasteiger partial charge on any atom is 0.101 e. The third-order valence-electron chi connectivity index (χ3n) is 4.69. The lowest BCUT2D eigenvalue weighted by molar-refractivity contribution is 0.583. The molecule has 4 aromatic rings. The number of rotatable bonds is 7. The molecule has 4 nitrogen and oxygen atoms in total. The highest BCUT2D eigenvalue weighted by atomic mass is 14.9. The molecule has 4 heteroatoms. The molecule has 0 aliphatic carbocycles. The van der Waals surface area contributed by atoms with E-state index in [9.17, 15) is 0 Å². The first-order chi connectivity index (χ1) is 14.9. The van der Waals surface area contributed by atoms with Crippen LogP contribution in [0.15, 0.2) is 119 Å². The Balaban J connectivity index is 1.76. The Hall–Kier alpha value is -3.92. The summed E-state index contributed by atoms with van der Waals surface area (Å²) in [6.07, 6.45) is 7.19. The van der Waals surface area contributed by atoms with E-state index >= 15 is 0 Å². The van der Waals surface area contributed by atoms with Gasteiger partial charge in [0.2, 0.25) is 0 Å². The minimum Gasteiger partial charge on any atom is -0.280 e. The molecule has 0 saturated heterocycles. The Kier molecular flexibility index (Phi) is 6.48. The Morgan fingerprint density at radius 3 is 1.27 bits per heavy atom. The zero-order chi connectivity index (χ0) is 20.4. The fourth-order valence-corrected chi connectivity index (χ4v) is 3.22. The number of aromatic nitrogens is 2. The topological polar surface area (TPSA) is 50.5 Å². The minimum atomic E-state index is -0.199. The van der Waals surface area contributed by atoms with Gasteiger partial charge in [-0.3, -0.25) is 20.0 Å². The van der Waals surface area contributed by atoms with Crippen molar-refractivity contribution in [3.63, 3.8) is 0 Å². The van der Waals surface area contributed by atoms with Crippen LogP contribution in [0, 0.1) is 0 Å². The van der Waals surface area contributed by atoms with Crippen LogP contribution in [-0.2, 0) is 0 Å². The van der Waals surface area contributed by atoms with Gasteiger partial charge in [-0.25, -0.2) is 0 Å².